The number of rotatable bonds is 4. The van der Waals surface area contributed by atoms with Gasteiger partial charge in [-0.25, -0.2) is 4.79 Å². The first-order chi connectivity index (χ1) is 9.43. The van der Waals surface area contributed by atoms with E-state index in [0.717, 1.165) is 16.9 Å². The van der Waals surface area contributed by atoms with Crippen molar-refractivity contribution in [3.05, 3.63) is 15.8 Å². The summed E-state index contributed by atoms with van der Waals surface area (Å²) < 4.78 is 0. The molecule has 0 radical (unpaired) electrons. The minimum atomic E-state index is -1.06. The summed E-state index contributed by atoms with van der Waals surface area (Å²) in [6, 6.07) is 0. The van der Waals surface area contributed by atoms with Crippen LogP contribution in [0.5, 0.6) is 0 Å². The molecule has 2 heterocycles. The third kappa shape index (κ3) is 2.67. The standard InChI is InChI=1S/C13H16N2O4S/c1-3-15-5-8(4-9(15)16)12(17)14-10-7(2)6-20-11(10)13(18)19/h6,8H,3-5H2,1-2H3,(H,14,17)(H,18,19). The predicted octanol–water partition coefficient (Wildman–Crippen LogP) is 1.56. The molecule has 0 saturated carbocycles. The highest BCUT2D eigenvalue weighted by Gasteiger charge is 2.34. The van der Waals surface area contributed by atoms with E-state index in [2.05, 4.69) is 5.32 Å². The number of anilines is 1. The normalized spacial score (nSPS) is 18.4. The zero-order valence-electron chi connectivity index (χ0n) is 11.3. The minimum absolute atomic E-state index is 0.0341. The molecule has 1 aliphatic rings. The van der Waals surface area contributed by atoms with Crippen molar-refractivity contribution in [3.8, 4) is 0 Å². The van der Waals surface area contributed by atoms with Gasteiger partial charge in [0.15, 0.2) is 0 Å². The Morgan fingerprint density at radius 2 is 2.25 bits per heavy atom. The van der Waals surface area contributed by atoms with Gasteiger partial charge < -0.3 is 15.3 Å². The second-order valence-electron chi connectivity index (χ2n) is 4.75. The molecular weight excluding hydrogens is 280 g/mol. The van der Waals surface area contributed by atoms with Crippen LogP contribution in [-0.4, -0.2) is 40.9 Å². The molecule has 0 bridgehead atoms. The molecule has 1 atom stereocenters. The van der Waals surface area contributed by atoms with Gasteiger partial charge in [0.05, 0.1) is 11.6 Å². The molecule has 0 spiro atoms. The van der Waals surface area contributed by atoms with Gasteiger partial charge in [0, 0.05) is 19.5 Å². The molecular formula is C13H16N2O4S. The van der Waals surface area contributed by atoms with Gasteiger partial charge in [-0.2, -0.15) is 0 Å². The number of aromatic carboxylic acids is 1. The monoisotopic (exact) mass is 296 g/mol. The first-order valence-electron chi connectivity index (χ1n) is 6.34. The highest BCUT2D eigenvalue weighted by molar-refractivity contribution is 7.12. The van der Waals surface area contributed by atoms with E-state index in [1.807, 2.05) is 6.92 Å². The van der Waals surface area contributed by atoms with Gasteiger partial charge in [-0.05, 0) is 24.8 Å². The van der Waals surface area contributed by atoms with Crippen LogP contribution >= 0.6 is 11.3 Å². The van der Waals surface area contributed by atoms with Gasteiger partial charge >= 0.3 is 5.97 Å². The summed E-state index contributed by atoms with van der Waals surface area (Å²) in [4.78, 5) is 36.6. The molecule has 108 valence electrons. The summed E-state index contributed by atoms with van der Waals surface area (Å²) in [6.07, 6.45) is 0.186. The van der Waals surface area contributed by atoms with E-state index >= 15 is 0 Å². The second-order valence-corrected chi connectivity index (χ2v) is 5.63. The number of amides is 2. The second kappa shape index (κ2) is 5.62. The number of nitrogens with zero attached hydrogens (tertiary/aromatic N) is 1. The van der Waals surface area contributed by atoms with Crippen molar-refractivity contribution in [1.29, 1.82) is 0 Å². The van der Waals surface area contributed by atoms with Crippen LogP contribution in [0, 0.1) is 12.8 Å². The number of carbonyl (C=O) groups excluding carboxylic acids is 2. The number of likely N-dealkylation sites (tertiary alicyclic amines) is 1. The summed E-state index contributed by atoms with van der Waals surface area (Å²) in [5.74, 6) is -1.80. The average molecular weight is 296 g/mol. The molecule has 1 saturated heterocycles. The first-order valence-corrected chi connectivity index (χ1v) is 7.22. The molecule has 1 unspecified atom stereocenters. The molecule has 1 fully saturated rings. The van der Waals surface area contributed by atoms with Gasteiger partial charge in [0.1, 0.15) is 4.88 Å². The quantitative estimate of drug-likeness (QED) is 0.882. The van der Waals surface area contributed by atoms with E-state index in [9.17, 15) is 14.4 Å². The molecule has 1 aromatic heterocycles. The largest absolute Gasteiger partial charge is 0.477 e. The van der Waals surface area contributed by atoms with E-state index < -0.39 is 11.9 Å². The Kier molecular flexibility index (Phi) is 4.08. The maximum Gasteiger partial charge on any atom is 0.348 e. The van der Waals surface area contributed by atoms with Crippen LogP contribution in [0.2, 0.25) is 0 Å². The topological polar surface area (TPSA) is 86.7 Å². The van der Waals surface area contributed by atoms with E-state index in [0.29, 0.717) is 18.8 Å². The van der Waals surface area contributed by atoms with Gasteiger partial charge in [-0.15, -0.1) is 11.3 Å². The smallest absolute Gasteiger partial charge is 0.348 e. The number of thiophene rings is 1. The predicted molar refractivity (Wildman–Crippen MR) is 75.0 cm³/mol. The fraction of sp³-hybridized carbons (Fsp3) is 0.462. The van der Waals surface area contributed by atoms with Crippen LogP contribution < -0.4 is 5.32 Å². The number of nitrogens with one attached hydrogen (secondary N) is 1. The molecule has 20 heavy (non-hydrogen) atoms. The highest BCUT2D eigenvalue weighted by atomic mass is 32.1. The number of hydrogen-bond acceptors (Lipinski definition) is 4. The van der Waals surface area contributed by atoms with Crippen molar-refractivity contribution in [2.45, 2.75) is 20.3 Å². The van der Waals surface area contributed by atoms with E-state index in [-0.39, 0.29) is 23.1 Å². The Balaban J connectivity index is 2.11. The summed E-state index contributed by atoms with van der Waals surface area (Å²) in [7, 11) is 0. The number of aryl methyl sites for hydroxylation is 1. The van der Waals surface area contributed by atoms with Crippen LogP contribution in [0.1, 0.15) is 28.6 Å². The lowest BCUT2D eigenvalue weighted by Crippen LogP contribution is -2.28. The molecule has 1 aliphatic heterocycles. The van der Waals surface area contributed by atoms with Gasteiger partial charge in [0.2, 0.25) is 11.8 Å². The fourth-order valence-corrected chi connectivity index (χ4v) is 3.08. The Morgan fingerprint density at radius 1 is 1.55 bits per heavy atom. The highest BCUT2D eigenvalue weighted by Crippen LogP contribution is 2.29. The molecule has 2 rings (SSSR count). The van der Waals surface area contributed by atoms with Crippen molar-refractivity contribution in [2.24, 2.45) is 5.92 Å². The zero-order valence-corrected chi connectivity index (χ0v) is 12.1. The summed E-state index contributed by atoms with van der Waals surface area (Å²) in [6.45, 7) is 4.59. The van der Waals surface area contributed by atoms with Crippen LogP contribution in [0.3, 0.4) is 0 Å². The zero-order chi connectivity index (χ0) is 14.9. The lowest BCUT2D eigenvalue weighted by atomic mass is 10.1. The third-order valence-electron chi connectivity index (χ3n) is 3.38. The third-order valence-corrected chi connectivity index (χ3v) is 4.47. The molecule has 7 heteroatoms. The molecule has 1 aromatic rings. The molecule has 2 amide bonds. The van der Waals surface area contributed by atoms with Crippen molar-refractivity contribution in [2.75, 3.05) is 18.4 Å². The Bertz CT molecular complexity index is 567. The first kappa shape index (κ1) is 14.5. The molecule has 0 aromatic carbocycles. The molecule has 2 N–H and O–H groups in total. The minimum Gasteiger partial charge on any atom is -0.477 e. The summed E-state index contributed by atoms with van der Waals surface area (Å²) in [5.41, 5.74) is 1.06. The Labute approximate surface area is 120 Å². The Hall–Kier alpha value is -1.89. The van der Waals surface area contributed by atoms with E-state index in [1.165, 1.54) is 0 Å². The lowest BCUT2D eigenvalue weighted by molar-refractivity contribution is -0.128. The Morgan fingerprint density at radius 3 is 2.80 bits per heavy atom. The number of hydrogen-bond donors (Lipinski definition) is 2. The van der Waals surface area contributed by atoms with Crippen molar-refractivity contribution >= 4 is 34.8 Å². The number of carboxylic acid groups (broad SMARTS) is 1. The molecule has 0 aliphatic carbocycles. The molecule has 6 nitrogen and oxygen atoms in total. The van der Waals surface area contributed by atoms with E-state index in [1.54, 1.807) is 17.2 Å². The average Bonchev–Trinajstić information content (AvgIpc) is 2.94. The summed E-state index contributed by atoms with van der Waals surface area (Å²) >= 11 is 1.08. The van der Waals surface area contributed by atoms with Crippen LogP contribution in [0.25, 0.3) is 0 Å². The van der Waals surface area contributed by atoms with Gasteiger partial charge in [-0.1, -0.05) is 0 Å². The van der Waals surface area contributed by atoms with Crippen LogP contribution in [0.15, 0.2) is 5.38 Å². The maximum atomic E-state index is 12.2. The maximum absolute atomic E-state index is 12.2. The fourth-order valence-electron chi connectivity index (χ4n) is 2.24. The summed E-state index contributed by atoms with van der Waals surface area (Å²) in [5, 5.41) is 13.4. The van der Waals surface area contributed by atoms with Crippen molar-refractivity contribution < 1.29 is 19.5 Å². The van der Waals surface area contributed by atoms with E-state index in [4.69, 9.17) is 5.11 Å². The number of carbonyl (C=O) groups is 3. The van der Waals surface area contributed by atoms with Crippen molar-refractivity contribution in [1.82, 2.24) is 4.90 Å². The lowest BCUT2D eigenvalue weighted by Gasteiger charge is -2.14. The van der Waals surface area contributed by atoms with Crippen molar-refractivity contribution in [3.63, 3.8) is 0 Å². The SMILES string of the molecule is CCN1CC(C(=O)Nc2c(C)csc2C(=O)O)CC1=O. The number of carboxylic acids is 1. The van der Waals surface area contributed by atoms with Gasteiger partial charge in [-0.3, -0.25) is 9.59 Å². The van der Waals surface area contributed by atoms with Crippen LogP contribution in [0.4, 0.5) is 5.69 Å². The van der Waals surface area contributed by atoms with Gasteiger partial charge in [0.25, 0.3) is 0 Å². The van der Waals surface area contributed by atoms with Crippen LogP contribution in [-0.2, 0) is 9.59 Å².